The first kappa shape index (κ1) is 12.1. The molecule has 0 bridgehead atoms. The molecule has 0 aliphatic rings. The highest BCUT2D eigenvalue weighted by molar-refractivity contribution is 5.35. The number of hydrogen-bond acceptors (Lipinski definition) is 1. The van der Waals surface area contributed by atoms with E-state index in [4.69, 9.17) is 4.74 Å². The van der Waals surface area contributed by atoms with Gasteiger partial charge in [-0.3, -0.25) is 0 Å². The van der Waals surface area contributed by atoms with Crippen molar-refractivity contribution in [2.45, 2.75) is 52.6 Å². The van der Waals surface area contributed by atoms with Crippen LogP contribution < -0.4 is 4.74 Å². The Labute approximate surface area is 93.5 Å². The second-order valence-corrected chi connectivity index (χ2v) is 4.41. The summed E-state index contributed by atoms with van der Waals surface area (Å²) in [4.78, 5) is 0. The number of para-hydroxylation sites is 1. The monoisotopic (exact) mass is 206 g/mol. The summed E-state index contributed by atoms with van der Waals surface area (Å²) in [5, 5.41) is 0. The van der Waals surface area contributed by atoms with E-state index in [0.29, 0.717) is 12.0 Å². The molecule has 0 saturated heterocycles. The highest BCUT2D eigenvalue weighted by Gasteiger charge is 2.09. The lowest BCUT2D eigenvalue weighted by Gasteiger charge is -2.18. The zero-order valence-corrected chi connectivity index (χ0v) is 10.3. The average molecular weight is 206 g/mol. The third-order valence-corrected chi connectivity index (χ3v) is 2.56. The highest BCUT2D eigenvalue weighted by atomic mass is 16.5. The molecule has 0 aliphatic heterocycles. The van der Waals surface area contributed by atoms with E-state index in [1.54, 1.807) is 0 Å². The molecule has 0 heterocycles. The van der Waals surface area contributed by atoms with Crippen LogP contribution in [-0.4, -0.2) is 6.10 Å². The highest BCUT2D eigenvalue weighted by Crippen LogP contribution is 2.27. The molecular weight excluding hydrogens is 184 g/mol. The molecular formula is C14H22O. The van der Waals surface area contributed by atoms with E-state index in [2.05, 4.69) is 45.9 Å². The molecule has 0 aromatic heterocycles. The van der Waals surface area contributed by atoms with Crippen molar-refractivity contribution in [3.63, 3.8) is 0 Å². The summed E-state index contributed by atoms with van der Waals surface area (Å²) in [5.41, 5.74) is 1.31. The molecule has 1 aromatic carbocycles. The van der Waals surface area contributed by atoms with Gasteiger partial charge >= 0.3 is 0 Å². The van der Waals surface area contributed by atoms with Crippen LogP contribution in [0.15, 0.2) is 24.3 Å². The number of rotatable bonds is 5. The van der Waals surface area contributed by atoms with Crippen LogP contribution in [0, 0.1) is 0 Å². The SMILES string of the molecule is CCCC(C)Oc1ccccc1C(C)C. The lowest BCUT2D eigenvalue weighted by Crippen LogP contribution is -2.12. The van der Waals surface area contributed by atoms with Crippen LogP contribution in [0.3, 0.4) is 0 Å². The molecule has 84 valence electrons. The van der Waals surface area contributed by atoms with E-state index < -0.39 is 0 Å². The molecule has 1 rings (SSSR count). The van der Waals surface area contributed by atoms with Gasteiger partial charge in [0.25, 0.3) is 0 Å². The molecule has 1 unspecified atom stereocenters. The normalized spacial score (nSPS) is 12.9. The standard InChI is InChI=1S/C14H22O/c1-5-8-12(4)15-14-10-7-6-9-13(14)11(2)3/h6-7,9-12H,5,8H2,1-4H3. The summed E-state index contributed by atoms with van der Waals surface area (Å²) in [6, 6.07) is 8.34. The Balaban J connectivity index is 2.75. The molecule has 1 atom stereocenters. The predicted molar refractivity (Wildman–Crippen MR) is 65.5 cm³/mol. The van der Waals surface area contributed by atoms with Gasteiger partial charge in [0.05, 0.1) is 6.10 Å². The third-order valence-electron chi connectivity index (χ3n) is 2.56. The summed E-state index contributed by atoms with van der Waals surface area (Å²) in [7, 11) is 0. The summed E-state index contributed by atoms with van der Waals surface area (Å²) < 4.78 is 5.95. The van der Waals surface area contributed by atoms with E-state index >= 15 is 0 Å². The van der Waals surface area contributed by atoms with Crippen molar-refractivity contribution in [1.82, 2.24) is 0 Å². The first-order chi connectivity index (χ1) is 7.15. The quantitative estimate of drug-likeness (QED) is 0.694. The molecule has 0 radical (unpaired) electrons. The molecule has 0 amide bonds. The van der Waals surface area contributed by atoms with Gasteiger partial charge in [0.15, 0.2) is 0 Å². The smallest absolute Gasteiger partial charge is 0.123 e. The van der Waals surface area contributed by atoms with Gasteiger partial charge in [0, 0.05) is 0 Å². The molecule has 1 nitrogen and oxygen atoms in total. The Morgan fingerprint density at radius 3 is 2.40 bits per heavy atom. The van der Waals surface area contributed by atoms with Crippen LogP contribution in [0.4, 0.5) is 0 Å². The molecule has 0 fully saturated rings. The van der Waals surface area contributed by atoms with Gasteiger partial charge in [-0.15, -0.1) is 0 Å². The Morgan fingerprint density at radius 1 is 1.13 bits per heavy atom. The maximum Gasteiger partial charge on any atom is 0.123 e. The number of benzene rings is 1. The van der Waals surface area contributed by atoms with E-state index in [1.807, 2.05) is 6.07 Å². The van der Waals surface area contributed by atoms with Gasteiger partial charge in [0.1, 0.15) is 5.75 Å². The van der Waals surface area contributed by atoms with Crippen LogP contribution in [-0.2, 0) is 0 Å². The summed E-state index contributed by atoms with van der Waals surface area (Å²) >= 11 is 0. The van der Waals surface area contributed by atoms with Crippen LogP contribution in [0.1, 0.15) is 52.0 Å². The minimum atomic E-state index is 0.315. The van der Waals surface area contributed by atoms with Gasteiger partial charge in [-0.05, 0) is 30.9 Å². The largest absolute Gasteiger partial charge is 0.490 e. The predicted octanol–water partition coefficient (Wildman–Crippen LogP) is 4.38. The van der Waals surface area contributed by atoms with Crippen molar-refractivity contribution >= 4 is 0 Å². The molecule has 0 saturated carbocycles. The van der Waals surface area contributed by atoms with Gasteiger partial charge in [-0.1, -0.05) is 45.4 Å². The van der Waals surface area contributed by atoms with Gasteiger partial charge in [-0.25, -0.2) is 0 Å². The minimum absolute atomic E-state index is 0.315. The zero-order chi connectivity index (χ0) is 11.3. The maximum absolute atomic E-state index is 5.95. The summed E-state index contributed by atoms with van der Waals surface area (Å²) in [5.74, 6) is 1.57. The zero-order valence-electron chi connectivity index (χ0n) is 10.3. The Morgan fingerprint density at radius 2 is 1.80 bits per heavy atom. The fourth-order valence-electron chi connectivity index (χ4n) is 1.75. The van der Waals surface area contributed by atoms with E-state index in [0.717, 1.165) is 12.2 Å². The van der Waals surface area contributed by atoms with Crippen molar-refractivity contribution in [3.8, 4) is 5.75 Å². The lowest BCUT2D eigenvalue weighted by atomic mass is 10.0. The van der Waals surface area contributed by atoms with E-state index in [1.165, 1.54) is 12.0 Å². The number of hydrogen-bond donors (Lipinski definition) is 0. The Kier molecular flexibility index (Phi) is 4.67. The molecule has 1 aromatic rings. The topological polar surface area (TPSA) is 9.23 Å². The van der Waals surface area contributed by atoms with Crippen molar-refractivity contribution in [2.75, 3.05) is 0 Å². The summed E-state index contributed by atoms with van der Waals surface area (Å²) in [6.07, 6.45) is 2.60. The Bertz CT molecular complexity index is 291. The first-order valence-electron chi connectivity index (χ1n) is 5.90. The van der Waals surface area contributed by atoms with Crippen LogP contribution >= 0.6 is 0 Å². The molecule has 15 heavy (non-hydrogen) atoms. The number of ether oxygens (including phenoxy) is 1. The second kappa shape index (κ2) is 5.79. The fraction of sp³-hybridized carbons (Fsp3) is 0.571. The van der Waals surface area contributed by atoms with Gasteiger partial charge in [-0.2, -0.15) is 0 Å². The molecule has 0 aliphatic carbocycles. The van der Waals surface area contributed by atoms with Gasteiger partial charge < -0.3 is 4.74 Å². The van der Waals surface area contributed by atoms with Crippen molar-refractivity contribution in [3.05, 3.63) is 29.8 Å². The average Bonchev–Trinajstić information content (AvgIpc) is 2.18. The fourth-order valence-corrected chi connectivity index (χ4v) is 1.75. The minimum Gasteiger partial charge on any atom is -0.490 e. The third kappa shape index (κ3) is 3.58. The van der Waals surface area contributed by atoms with Crippen molar-refractivity contribution in [1.29, 1.82) is 0 Å². The molecule has 1 heteroatoms. The summed E-state index contributed by atoms with van der Waals surface area (Å²) in [6.45, 7) is 8.73. The van der Waals surface area contributed by atoms with Crippen LogP contribution in [0.5, 0.6) is 5.75 Å². The van der Waals surface area contributed by atoms with Crippen molar-refractivity contribution in [2.24, 2.45) is 0 Å². The molecule has 0 N–H and O–H groups in total. The second-order valence-electron chi connectivity index (χ2n) is 4.41. The molecule has 0 spiro atoms. The van der Waals surface area contributed by atoms with Crippen LogP contribution in [0.2, 0.25) is 0 Å². The van der Waals surface area contributed by atoms with Crippen LogP contribution in [0.25, 0.3) is 0 Å². The maximum atomic E-state index is 5.95. The van der Waals surface area contributed by atoms with E-state index in [9.17, 15) is 0 Å². The Hall–Kier alpha value is -0.980. The van der Waals surface area contributed by atoms with Gasteiger partial charge in [0.2, 0.25) is 0 Å². The van der Waals surface area contributed by atoms with E-state index in [-0.39, 0.29) is 0 Å². The first-order valence-corrected chi connectivity index (χ1v) is 5.90. The lowest BCUT2D eigenvalue weighted by molar-refractivity contribution is 0.207. The van der Waals surface area contributed by atoms with Crippen molar-refractivity contribution < 1.29 is 4.74 Å².